The summed E-state index contributed by atoms with van der Waals surface area (Å²) >= 11 is 0. The normalized spacial score (nSPS) is 11.7. The van der Waals surface area contributed by atoms with Gasteiger partial charge in [-0.25, -0.2) is 0 Å². The van der Waals surface area contributed by atoms with E-state index in [4.69, 9.17) is 4.74 Å². The van der Waals surface area contributed by atoms with Crippen LogP contribution in [0.5, 0.6) is 5.75 Å². The van der Waals surface area contributed by atoms with Crippen LogP contribution in [0, 0.1) is 0 Å². The Morgan fingerprint density at radius 3 is 2.28 bits per heavy atom. The molecule has 3 aromatic carbocycles. The van der Waals surface area contributed by atoms with Crippen molar-refractivity contribution >= 4 is 5.91 Å². The van der Waals surface area contributed by atoms with Crippen molar-refractivity contribution in [3.05, 3.63) is 101 Å². The molecule has 1 amide bonds. The molecule has 0 saturated carbocycles. The highest BCUT2D eigenvalue weighted by Gasteiger charge is 2.17. The Hall–Kier alpha value is -3.07. The number of carbonyl (C=O) groups is 1. The minimum absolute atomic E-state index is 0.00222. The van der Waals surface area contributed by atoms with E-state index in [0.29, 0.717) is 6.61 Å². The summed E-state index contributed by atoms with van der Waals surface area (Å²) in [7, 11) is 0. The molecule has 0 bridgehead atoms. The van der Waals surface area contributed by atoms with Crippen molar-refractivity contribution in [2.45, 2.75) is 45.8 Å². The number of para-hydroxylation sites is 1. The second kappa shape index (κ2) is 10.5. The van der Waals surface area contributed by atoms with E-state index in [1.165, 1.54) is 0 Å². The Morgan fingerprint density at radius 2 is 1.62 bits per heavy atom. The Labute approximate surface area is 173 Å². The lowest BCUT2D eigenvalue weighted by Crippen LogP contribution is -2.29. The van der Waals surface area contributed by atoms with Crippen LogP contribution in [-0.4, -0.2) is 5.91 Å². The van der Waals surface area contributed by atoms with E-state index in [0.717, 1.165) is 47.3 Å². The monoisotopic (exact) mass is 387 g/mol. The van der Waals surface area contributed by atoms with Gasteiger partial charge in [-0.3, -0.25) is 4.79 Å². The molecule has 0 fully saturated rings. The quantitative estimate of drug-likeness (QED) is 0.482. The maximum Gasteiger partial charge on any atom is 0.252 e. The topological polar surface area (TPSA) is 38.3 Å². The molecule has 0 saturated heterocycles. The summed E-state index contributed by atoms with van der Waals surface area (Å²) in [6, 6.07) is 26.0. The third-order valence-electron chi connectivity index (χ3n) is 5.00. The first-order valence-corrected chi connectivity index (χ1v) is 10.4. The second-order valence-corrected chi connectivity index (χ2v) is 7.19. The fourth-order valence-electron chi connectivity index (χ4n) is 3.44. The van der Waals surface area contributed by atoms with Gasteiger partial charge in [0.25, 0.3) is 5.91 Å². The van der Waals surface area contributed by atoms with E-state index in [9.17, 15) is 4.79 Å². The van der Waals surface area contributed by atoms with Crippen LogP contribution in [0.2, 0.25) is 0 Å². The molecule has 1 atom stereocenters. The average Bonchev–Trinajstić information content (AvgIpc) is 2.78. The van der Waals surface area contributed by atoms with Gasteiger partial charge in [-0.15, -0.1) is 0 Å². The number of carbonyl (C=O) groups excluding carboxylic acids is 1. The lowest BCUT2D eigenvalue weighted by atomic mass is 9.98. The number of aryl methyl sites for hydroxylation is 1. The first-order valence-electron chi connectivity index (χ1n) is 10.4. The SMILES string of the molecule is CCCc1ccc(COc2ccccc2)cc1C(=O)NC(CC)c1ccccc1. The fraction of sp³-hybridized carbons (Fsp3) is 0.269. The molecule has 3 heteroatoms. The van der Waals surface area contributed by atoms with Crippen LogP contribution in [0.15, 0.2) is 78.9 Å². The van der Waals surface area contributed by atoms with E-state index >= 15 is 0 Å². The summed E-state index contributed by atoms with van der Waals surface area (Å²) in [5.74, 6) is 0.803. The van der Waals surface area contributed by atoms with E-state index in [1.54, 1.807) is 0 Å². The van der Waals surface area contributed by atoms with Gasteiger partial charge in [0.05, 0.1) is 6.04 Å². The highest BCUT2D eigenvalue weighted by molar-refractivity contribution is 5.96. The minimum Gasteiger partial charge on any atom is -0.489 e. The summed E-state index contributed by atoms with van der Waals surface area (Å²) < 4.78 is 5.87. The number of benzene rings is 3. The summed E-state index contributed by atoms with van der Waals surface area (Å²) in [6.07, 6.45) is 2.72. The highest BCUT2D eigenvalue weighted by Crippen LogP contribution is 2.20. The summed E-state index contributed by atoms with van der Waals surface area (Å²) in [5.41, 5.74) is 3.95. The van der Waals surface area contributed by atoms with Crippen molar-refractivity contribution in [3.63, 3.8) is 0 Å². The maximum atomic E-state index is 13.2. The largest absolute Gasteiger partial charge is 0.489 e. The first kappa shape index (κ1) is 20.7. The number of hydrogen-bond donors (Lipinski definition) is 1. The molecule has 0 aliphatic heterocycles. The zero-order valence-electron chi connectivity index (χ0n) is 17.2. The van der Waals surface area contributed by atoms with Gasteiger partial charge in [-0.05, 0) is 47.7 Å². The van der Waals surface area contributed by atoms with Gasteiger partial charge < -0.3 is 10.1 Å². The fourth-order valence-corrected chi connectivity index (χ4v) is 3.44. The lowest BCUT2D eigenvalue weighted by molar-refractivity contribution is 0.0934. The zero-order valence-corrected chi connectivity index (χ0v) is 17.2. The molecule has 0 radical (unpaired) electrons. The molecule has 0 aliphatic rings. The smallest absolute Gasteiger partial charge is 0.252 e. The minimum atomic E-state index is -0.0225. The molecule has 150 valence electrons. The van der Waals surface area contributed by atoms with Crippen LogP contribution in [0.3, 0.4) is 0 Å². The van der Waals surface area contributed by atoms with E-state index in [-0.39, 0.29) is 11.9 Å². The van der Waals surface area contributed by atoms with Crippen LogP contribution in [0.1, 0.15) is 59.8 Å². The molecule has 3 rings (SSSR count). The Bertz CT molecular complexity index is 907. The number of hydrogen-bond acceptors (Lipinski definition) is 2. The number of amides is 1. The van der Waals surface area contributed by atoms with Gasteiger partial charge >= 0.3 is 0 Å². The van der Waals surface area contributed by atoms with Crippen LogP contribution in [-0.2, 0) is 13.0 Å². The molecular weight excluding hydrogens is 358 g/mol. The van der Waals surface area contributed by atoms with Crippen molar-refractivity contribution in [2.24, 2.45) is 0 Å². The lowest BCUT2D eigenvalue weighted by Gasteiger charge is -2.19. The van der Waals surface area contributed by atoms with Gasteiger partial charge in [0.1, 0.15) is 12.4 Å². The Morgan fingerprint density at radius 1 is 0.931 bits per heavy atom. The van der Waals surface area contributed by atoms with Crippen LogP contribution < -0.4 is 10.1 Å². The predicted octanol–water partition coefficient (Wildman–Crippen LogP) is 6.10. The van der Waals surface area contributed by atoms with Gasteiger partial charge in [0.15, 0.2) is 0 Å². The van der Waals surface area contributed by atoms with E-state index < -0.39 is 0 Å². The van der Waals surface area contributed by atoms with Crippen molar-refractivity contribution in [3.8, 4) is 5.75 Å². The van der Waals surface area contributed by atoms with Gasteiger partial charge in [0.2, 0.25) is 0 Å². The van der Waals surface area contributed by atoms with E-state index in [1.807, 2.05) is 54.6 Å². The van der Waals surface area contributed by atoms with Gasteiger partial charge in [-0.2, -0.15) is 0 Å². The number of nitrogens with one attached hydrogen (secondary N) is 1. The Balaban J connectivity index is 1.78. The molecule has 1 N–H and O–H groups in total. The molecule has 0 heterocycles. The Kier molecular flexibility index (Phi) is 7.46. The van der Waals surface area contributed by atoms with Crippen LogP contribution in [0.4, 0.5) is 0 Å². The van der Waals surface area contributed by atoms with Crippen molar-refractivity contribution in [1.29, 1.82) is 0 Å². The molecule has 0 aromatic heterocycles. The predicted molar refractivity (Wildman–Crippen MR) is 118 cm³/mol. The van der Waals surface area contributed by atoms with Gasteiger partial charge in [0, 0.05) is 5.56 Å². The van der Waals surface area contributed by atoms with Crippen molar-refractivity contribution in [1.82, 2.24) is 5.32 Å². The molecule has 0 spiro atoms. The molecule has 1 unspecified atom stereocenters. The molecule has 3 nitrogen and oxygen atoms in total. The van der Waals surface area contributed by atoms with Crippen molar-refractivity contribution in [2.75, 3.05) is 0 Å². The highest BCUT2D eigenvalue weighted by atomic mass is 16.5. The number of rotatable bonds is 9. The molecule has 3 aromatic rings. The number of ether oxygens (including phenoxy) is 1. The summed E-state index contributed by atoms with van der Waals surface area (Å²) in [4.78, 5) is 13.2. The second-order valence-electron chi connectivity index (χ2n) is 7.19. The zero-order chi connectivity index (χ0) is 20.5. The average molecular weight is 388 g/mol. The van der Waals surface area contributed by atoms with Crippen LogP contribution >= 0.6 is 0 Å². The van der Waals surface area contributed by atoms with Crippen LogP contribution in [0.25, 0.3) is 0 Å². The standard InChI is InChI=1S/C26H29NO2/c1-3-11-21-17-16-20(19-29-23-14-9-6-10-15-23)18-24(21)26(28)27-25(4-2)22-12-7-5-8-13-22/h5-10,12-18,25H,3-4,11,19H2,1-2H3,(H,27,28). The molecular formula is C26H29NO2. The first-order chi connectivity index (χ1) is 14.2. The molecule has 29 heavy (non-hydrogen) atoms. The summed E-state index contributed by atoms with van der Waals surface area (Å²) in [6.45, 7) is 4.66. The van der Waals surface area contributed by atoms with Crippen molar-refractivity contribution < 1.29 is 9.53 Å². The van der Waals surface area contributed by atoms with E-state index in [2.05, 4.69) is 43.4 Å². The third kappa shape index (κ3) is 5.71. The van der Waals surface area contributed by atoms with Gasteiger partial charge in [-0.1, -0.05) is 80.9 Å². The summed E-state index contributed by atoms with van der Waals surface area (Å²) in [5, 5.41) is 3.22. The maximum absolute atomic E-state index is 13.2. The third-order valence-corrected chi connectivity index (χ3v) is 5.00. The molecule has 0 aliphatic carbocycles.